The Bertz CT molecular complexity index is 3370. The molecular formula is C54H41LiO13. The molecule has 8 aromatic rings. The van der Waals surface area contributed by atoms with E-state index in [1.807, 2.05) is 74.5 Å². The van der Waals surface area contributed by atoms with E-state index in [1.165, 1.54) is 0 Å². The zero-order chi connectivity index (χ0) is 46.6. The molecule has 0 saturated carbocycles. The number of aliphatic carboxylic acids is 1. The summed E-state index contributed by atoms with van der Waals surface area (Å²) in [7, 11) is 0. The van der Waals surface area contributed by atoms with Crippen LogP contribution in [0.3, 0.4) is 0 Å². The van der Waals surface area contributed by atoms with Crippen molar-refractivity contribution in [3.63, 3.8) is 0 Å². The number of carbonyl (C=O) groups is 6. The van der Waals surface area contributed by atoms with Crippen molar-refractivity contribution in [1.29, 1.82) is 0 Å². The third-order valence-electron chi connectivity index (χ3n) is 11.9. The first-order chi connectivity index (χ1) is 31.8. The van der Waals surface area contributed by atoms with Crippen LogP contribution in [0.4, 0.5) is 0 Å². The Balaban J connectivity index is 0.000000196. The van der Waals surface area contributed by atoms with Crippen LogP contribution >= 0.6 is 0 Å². The van der Waals surface area contributed by atoms with Crippen LogP contribution in [0, 0.1) is 27.7 Å². The van der Waals surface area contributed by atoms with Crippen molar-refractivity contribution < 1.29 is 81.3 Å². The van der Waals surface area contributed by atoms with Gasteiger partial charge in [-0.15, -0.1) is 0 Å². The van der Waals surface area contributed by atoms with E-state index in [1.54, 1.807) is 69.3 Å². The molecule has 2 aromatic heterocycles. The van der Waals surface area contributed by atoms with Gasteiger partial charge in [-0.2, -0.15) is 0 Å². The summed E-state index contributed by atoms with van der Waals surface area (Å²) in [6, 6.07) is 32.7. The first-order valence-electron chi connectivity index (χ1n) is 21.1. The molecular weight excluding hydrogens is 864 g/mol. The average molecular weight is 905 g/mol. The Morgan fingerprint density at radius 1 is 0.500 bits per heavy atom. The van der Waals surface area contributed by atoms with Crippen molar-refractivity contribution in [2.45, 2.75) is 34.6 Å². The van der Waals surface area contributed by atoms with Crippen molar-refractivity contribution in [2.75, 3.05) is 19.8 Å². The summed E-state index contributed by atoms with van der Waals surface area (Å²) in [5, 5.41) is 12.1. The van der Waals surface area contributed by atoms with E-state index in [-0.39, 0.29) is 36.5 Å². The Labute approximate surface area is 401 Å². The summed E-state index contributed by atoms with van der Waals surface area (Å²) in [5.74, 6) is -0.961. The molecule has 68 heavy (non-hydrogen) atoms. The zero-order valence-electron chi connectivity index (χ0n) is 37.9. The number of ketones is 4. The van der Waals surface area contributed by atoms with Gasteiger partial charge in [-0.1, -0.05) is 48.5 Å². The number of aryl methyl sites for hydroxylation is 2. The molecule has 10 rings (SSSR count). The van der Waals surface area contributed by atoms with Crippen LogP contribution in [0.25, 0.3) is 66.8 Å². The topological polar surface area (TPSA) is 207 Å². The number of fused-ring (bicyclic) bond motifs is 10. The van der Waals surface area contributed by atoms with E-state index in [0.29, 0.717) is 85.7 Å². The molecule has 13 nitrogen and oxygen atoms in total. The third-order valence-corrected chi connectivity index (χ3v) is 11.9. The van der Waals surface area contributed by atoms with Crippen LogP contribution in [0.2, 0.25) is 0 Å². The normalized spacial score (nSPS) is 12.1. The molecule has 0 fully saturated rings. The Kier molecular flexibility index (Phi) is 13.6. The Morgan fingerprint density at radius 3 is 1.29 bits per heavy atom. The second kappa shape index (κ2) is 19.2. The van der Waals surface area contributed by atoms with Gasteiger partial charge in [0.25, 0.3) is 0 Å². The summed E-state index contributed by atoms with van der Waals surface area (Å²) < 4.78 is 27.9. The molecule has 2 aliphatic rings. The fourth-order valence-corrected chi connectivity index (χ4v) is 8.75. The molecule has 0 atom stereocenters. The molecule has 0 spiro atoms. The fraction of sp³-hybridized carbons (Fsp3) is 0.148. The van der Waals surface area contributed by atoms with Crippen LogP contribution in [0.5, 0.6) is 11.5 Å². The number of ether oxygens (including phenoxy) is 3. The number of hydrogen-bond acceptors (Lipinski definition) is 12. The van der Waals surface area contributed by atoms with Gasteiger partial charge >= 0.3 is 30.8 Å². The molecule has 0 unspecified atom stereocenters. The standard InChI is InChI=1S/C28H22O6.C26H18O6.Li.H2O/c1-4-32-22(29)14-33-18-10-8-17(9-11-18)27-16(3)23-25(30)26(31)24-20-7-5-6-15(2)19(20)12-13-21(24)28(23)34-27;1-13-4-3-5-18-17(13)10-11-19-22(18)24(30)23(29)21-14(2)25(32-26(19)21)15-6-8-16(9-7-15)31-12-20(27)28;;/h5-13H,4,14H2,1-3H3;3-11H,12H2,1-2H3,(H,27,28);;1H2/q;;+1;/p-1. The molecule has 0 bridgehead atoms. The number of carboxylic acid groups (broad SMARTS) is 1. The van der Waals surface area contributed by atoms with Gasteiger partial charge < -0.3 is 33.6 Å². The third kappa shape index (κ3) is 8.32. The number of furan rings is 2. The Hall–Kier alpha value is -7.82. The molecule has 336 valence electrons. The van der Waals surface area contributed by atoms with Crippen molar-refractivity contribution in [1.82, 2.24) is 0 Å². The van der Waals surface area contributed by atoms with E-state index in [2.05, 4.69) is 0 Å². The number of Topliss-reactive ketones (excluding diaryl/α,β-unsaturated/α-hetero) is 4. The second-order valence-corrected chi connectivity index (χ2v) is 16.0. The van der Waals surface area contributed by atoms with Crippen LogP contribution in [-0.2, 0) is 14.3 Å². The van der Waals surface area contributed by atoms with Gasteiger partial charge in [-0.25, -0.2) is 9.59 Å². The van der Waals surface area contributed by atoms with Crippen LogP contribution in [-0.4, -0.2) is 65.5 Å². The second-order valence-electron chi connectivity index (χ2n) is 16.0. The molecule has 0 radical (unpaired) electrons. The number of carboxylic acids is 1. The van der Waals surface area contributed by atoms with Crippen molar-refractivity contribution in [3.8, 4) is 56.8 Å². The van der Waals surface area contributed by atoms with E-state index < -0.39 is 41.7 Å². The molecule has 14 heteroatoms. The van der Waals surface area contributed by atoms with Gasteiger partial charge in [0.05, 0.1) is 17.7 Å². The van der Waals surface area contributed by atoms with Crippen LogP contribution in [0.1, 0.15) is 70.6 Å². The van der Waals surface area contributed by atoms with Crippen LogP contribution < -0.4 is 28.3 Å². The first kappa shape index (κ1) is 48.1. The van der Waals surface area contributed by atoms with E-state index >= 15 is 0 Å². The van der Waals surface area contributed by atoms with Crippen molar-refractivity contribution in [3.05, 3.63) is 154 Å². The smallest absolute Gasteiger partial charge is 0.870 e. The first-order valence-corrected chi connectivity index (χ1v) is 21.1. The maximum Gasteiger partial charge on any atom is 1.00 e. The molecule has 2 N–H and O–H groups in total. The number of benzene rings is 6. The molecule has 0 aliphatic heterocycles. The van der Waals surface area contributed by atoms with Gasteiger partial charge in [0, 0.05) is 44.5 Å². The minimum absolute atomic E-state index is 0. The van der Waals surface area contributed by atoms with E-state index in [0.717, 1.165) is 38.2 Å². The molecule has 2 heterocycles. The molecule has 0 amide bonds. The number of carbonyl (C=O) groups excluding carboxylic acids is 5. The number of hydrogen-bond donors (Lipinski definition) is 1. The van der Waals surface area contributed by atoms with Gasteiger partial charge in [0.2, 0.25) is 23.1 Å². The monoisotopic (exact) mass is 904 g/mol. The van der Waals surface area contributed by atoms with E-state index in [9.17, 15) is 28.8 Å². The largest absolute Gasteiger partial charge is 1.00 e. The van der Waals surface area contributed by atoms with Gasteiger partial charge in [-0.3, -0.25) is 19.2 Å². The van der Waals surface area contributed by atoms with Gasteiger partial charge in [-0.05, 0) is 128 Å². The zero-order valence-corrected chi connectivity index (χ0v) is 37.9. The van der Waals surface area contributed by atoms with Crippen LogP contribution in [0.15, 0.2) is 118 Å². The SMILES string of the molecule is CCOC(=O)COc1ccc(-c2oc3c(c2C)C(=O)C(=O)c2c-3ccc3c(C)cccc23)cc1.Cc1c(-c2ccc(OCC(=O)O)cc2)oc2c1C(=O)C(=O)c1c-2ccc2c(C)cccc12.[Li+].[OH-]. The summed E-state index contributed by atoms with van der Waals surface area (Å²) in [4.78, 5) is 74.7. The van der Waals surface area contributed by atoms with Gasteiger partial charge in [0.15, 0.2) is 13.2 Å². The van der Waals surface area contributed by atoms with Crippen molar-refractivity contribution >= 4 is 56.6 Å². The summed E-state index contributed by atoms with van der Waals surface area (Å²) in [5.41, 5.74) is 7.29. The maximum absolute atomic E-state index is 13.2. The quantitative estimate of drug-likeness (QED) is 0.0836. The minimum atomic E-state index is -1.06. The molecule has 6 aromatic carbocycles. The summed E-state index contributed by atoms with van der Waals surface area (Å²) in [6.07, 6.45) is 0. The predicted molar refractivity (Wildman–Crippen MR) is 248 cm³/mol. The maximum atomic E-state index is 13.2. The number of esters is 1. The van der Waals surface area contributed by atoms with E-state index in [4.69, 9.17) is 28.2 Å². The average Bonchev–Trinajstić information content (AvgIpc) is 3.85. The minimum Gasteiger partial charge on any atom is -0.870 e. The van der Waals surface area contributed by atoms with Crippen molar-refractivity contribution in [2.24, 2.45) is 0 Å². The number of rotatable bonds is 9. The fourth-order valence-electron chi connectivity index (χ4n) is 8.75. The molecule has 0 saturated heterocycles. The predicted octanol–water partition coefficient (Wildman–Crippen LogP) is 7.76. The summed E-state index contributed by atoms with van der Waals surface area (Å²) >= 11 is 0. The summed E-state index contributed by atoms with van der Waals surface area (Å²) in [6.45, 7) is 8.90. The van der Waals surface area contributed by atoms with Gasteiger partial charge in [0.1, 0.15) is 34.5 Å². The Morgan fingerprint density at radius 2 is 0.897 bits per heavy atom. The molecule has 2 aliphatic carbocycles.